The third kappa shape index (κ3) is 3.63. The summed E-state index contributed by atoms with van der Waals surface area (Å²) in [5.74, 6) is 1.03. The number of nitrogen functional groups attached to an aromatic ring is 1. The highest BCUT2D eigenvalue weighted by atomic mass is 32.2. The number of nitrogens with two attached hydrogens (primary N) is 1. The number of sulfone groups is 1. The lowest BCUT2D eigenvalue weighted by atomic mass is 10.0. The maximum Gasteiger partial charge on any atom is 0.184 e. The van der Waals surface area contributed by atoms with Crippen LogP contribution in [0.25, 0.3) is 0 Å². The topological polar surface area (TPSA) is 85.1 Å². The van der Waals surface area contributed by atoms with Gasteiger partial charge in [0.15, 0.2) is 15.7 Å². The fourth-order valence-corrected chi connectivity index (χ4v) is 4.94. The van der Waals surface area contributed by atoms with Crippen molar-refractivity contribution < 1.29 is 8.42 Å². The molecule has 3 N–H and O–H groups in total. The van der Waals surface area contributed by atoms with Gasteiger partial charge in [-0.3, -0.25) is 0 Å². The first kappa shape index (κ1) is 15.6. The number of hydrogen-bond donors (Lipinski definition) is 2. The van der Waals surface area contributed by atoms with Crippen molar-refractivity contribution in [3.8, 4) is 0 Å². The molecule has 0 saturated heterocycles. The van der Waals surface area contributed by atoms with E-state index in [9.17, 15) is 8.42 Å². The zero-order valence-electron chi connectivity index (χ0n) is 11.9. The molecule has 5 nitrogen and oxygen atoms in total. The fraction of sp³-hybridized carbons (Fsp3) is 0.769. The van der Waals surface area contributed by atoms with Crippen molar-refractivity contribution >= 4 is 32.2 Å². The number of rotatable bonds is 7. The second-order valence-electron chi connectivity index (χ2n) is 5.35. The minimum absolute atomic E-state index is 0.0480. The van der Waals surface area contributed by atoms with Gasteiger partial charge in [0.2, 0.25) is 0 Å². The van der Waals surface area contributed by atoms with Crippen LogP contribution in [0.15, 0.2) is 4.90 Å². The summed E-state index contributed by atoms with van der Waals surface area (Å²) >= 11 is 1.14. The van der Waals surface area contributed by atoms with E-state index in [1.54, 1.807) is 6.92 Å². The second-order valence-corrected chi connectivity index (χ2v) is 8.34. The summed E-state index contributed by atoms with van der Waals surface area (Å²) in [5, 5.41) is 3.79. The van der Waals surface area contributed by atoms with Gasteiger partial charge in [-0.05, 0) is 30.3 Å². The minimum atomic E-state index is -3.31. The van der Waals surface area contributed by atoms with E-state index in [0.29, 0.717) is 5.00 Å². The van der Waals surface area contributed by atoms with Gasteiger partial charge in [0, 0.05) is 6.54 Å². The van der Waals surface area contributed by atoms with E-state index in [1.165, 1.54) is 32.1 Å². The highest BCUT2D eigenvalue weighted by molar-refractivity contribution is 7.91. The maximum absolute atomic E-state index is 12.0. The van der Waals surface area contributed by atoms with Crippen LogP contribution in [-0.2, 0) is 9.84 Å². The highest BCUT2D eigenvalue weighted by Crippen LogP contribution is 2.33. The Bertz CT molecular complexity index is 534. The molecule has 20 heavy (non-hydrogen) atoms. The summed E-state index contributed by atoms with van der Waals surface area (Å²) in [6, 6.07) is 0. The molecule has 0 unspecified atom stereocenters. The molecule has 0 radical (unpaired) electrons. The van der Waals surface area contributed by atoms with Crippen LogP contribution in [0.3, 0.4) is 0 Å². The largest absolute Gasteiger partial charge is 0.382 e. The van der Waals surface area contributed by atoms with E-state index in [-0.39, 0.29) is 16.5 Å². The van der Waals surface area contributed by atoms with Crippen molar-refractivity contribution in [2.75, 3.05) is 23.3 Å². The lowest BCUT2D eigenvalue weighted by Crippen LogP contribution is -2.10. The molecule has 1 heterocycles. The Morgan fingerprint density at radius 3 is 2.75 bits per heavy atom. The van der Waals surface area contributed by atoms with Crippen LogP contribution in [0, 0.1) is 5.92 Å². The van der Waals surface area contributed by atoms with Crippen molar-refractivity contribution in [1.82, 2.24) is 4.37 Å². The van der Waals surface area contributed by atoms with Gasteiger partial charge in [-0.1, -0.05) is 32.6 Å². The van der Waals surface area contributed by atoms with E-state index in [4.69, 9.17) is 5.73 Å². The molecular formula is C13H23N3O2S2. The molecule has 2 rings (SSSR count). The summed E-state index contributed by atoms with van der Waals surface area (Å²) in [7, 11) is -3.31. The van der Waals surface area contributed by atoms with Crippen LogP contribution in [-0.4, -0.2) is 25.1 Å². The van der Waals surface area contributed by atoms with Gasteiger partial charge < -0.3 is 11.1 Å². The standard InChI is InChI=1S/C13H23N3O2S2/c1-2-20(17,18)11-12(14)16-19-13(11)15-9-5-8-10-6-3-4-7-10/h10,15H,2-9H2,1H3,(H2,14,16). The monoisotopic (exact) mass is 317 g/mol. The fourth-order valence-electron chi connectivity index (χ4n) is 2.74. The van der Waals surface area contributed by atoms with E-state index >= 15 is 0 Å². The quantitative estimate of drug-likeness (QED) is 0.755. The Kier molecular flexibility index (Phi) is 5.26. The molecule has 0 amide bonds. The molecule has 1 aliphatic carbocycles. The van der Waals surface area contributed by atoms with Gasteiger partial charge in [0.05, 0.1) is 5.75 Å². The summed E-state index contributed by atoms with van der Waals surface area (Å²) in [6.07, 6.45) is 7.71. The molecule has 0 atom stereocenters. The lowest BCUT2D eigenvalue weighted by Gasteiger charge is -2.10. The number of nitrogens with one attached hydrogen (secondary N) is 1. The Balaban J connectivity index is 1.90. The predicted molar refractivity (Wildman–Crippen MR) is 83.9 cm³/mol. The zero-order valence-corrected chi connectivity index (χ0v) is 13.5. The van der Waals surface area contributed by atoms with Crippen LogP contribution in [0.5, 0.6) is 0 Å². The van der Waals surface area contributed by atoms with Crippen molar-refractivity contribution in [2.24, 2.45) is 5.92 Å². The van der Waals surface area contributed by atoms with Gasteiger partial charge in [-0.15, -0.1) is 0 Å². The SMILES string of the molecule is CCS(=O)(=O)c1c(N)nsc1NCCCC1CCCC1. The maximum atomic E-state index is 12.0. The summed E-state index contributed by atoms with van der Waals surface area (Å²) in [5.41, 5.74) is 5.69. The molecular weight excluding hydrogens is 294 g/mol. The van der Waals surface area contributed by atoms with E-state index in [2.05, 4.69) is 9.69 Å². The molecule has 7 heteroatoms. The Hall–Kier alpha value is -0.820. The van der Waals surface area contributed by atoms with Gasteiger partial charge in [-0.25, -0.2) is 8.42 Å². The van der Waals surface area contributed by atoms with Crippen molar-refractivity contribution in [3.63, 3.8) is 0 Å². The first-order chi connectivity index (χ1) is 9.54. The van der Waals surface area contributed by atoms with Crippen molar-refractivity contribution in [2.45, 2.75) is 50.3 Å². The smallest absolute Gasteiger partial charge is 0.184 e. The molecule has 1 aromatic heterocycles. The van der Waals surface area contributed by atoms with Crippen LogP contribution in [0.1, 0.15) is 45.4 Å². The van der Waals surface area contributed by atoms with Crippen LogP contribution >= 0.6 is 11.5 Å². The third-order valence-electron chi connectivity index (χ3n) is 3.91. The van der Waals surface area contributed by atoms with Gasteiger partial charge in [0.25, 0.3) is 0 Å². The molecule has 0 aromatic carbocycles. The van der Waals surface area contributed by atoms with Gasteiger partial charge >= 0.3 is 0 Å². The summed E-state index contributed by atoms with van der Waals surface area (Å²) < 4.78 is 27.9. The van der Waals surface area contributed by atoms with Crippen LogP contribution < -0.4 is 11.1 Å². The third-order valence-corrected chi connectivity index (χ3v) is 6.66. The molecule has 1 fully saturated rings. The highest BCUT2D eigenvalue weighted by Gasteiger charge is 2.23. The van der Waals surface area contributed by atoms with Crippen molar-refractivity contribution in [3.05, 3.63) is 0 Å². The minimum Gasteiger partial charge on any atom is -0.382 e. The number of nitrogens with zero attached hydrogens (tertiary/aromatic N) is 1. The molecule has 0 aliphatic heterocycles. The van der Waals surface area contributed by atoms with E-state index in [0.717, 1.165) is 30.4 Å². The summed E-state index contributed by atoms with van der Waals surface area (Å²) in [4.78, 5) is 0.186. The van der Waals surface area contributed by atoms with Crippen molar-refractivity contribution in [1.29, 1.82) is 0 Å². The molecule has 1 aliphatic rings. The molecule has 1 saturated carbocycles. The first-order valence-corrected chi connectivity index (χ1v) is 9.69. The van der Waals surface area contributed by atoms with Gasteiger partial charge in [-0.2, -0.15) is 4.37 Å². The molecule has 1 aromatic rings. The second kappa shape index (κ2) is 6.76. The van der Waals surface area contributed by atoms with Crippen LogP contribution in [0.4, 0.5) is 10.8 Å². The number of anilines is 2. The predicted octanol–water partition coefficient (Wildman–Crippen LogP) is 2.90. The van der Waals surface area contributed by atoms with Gasteiger partial charge in [0.1, 0.15) is 9.90 Å². The Labute approximate surface area is 125 Å². The molecule has 114 valence electrons. The van der Waals surface area contributed by atoms with Crippen LogP contribution in [0.2, 0.25) is 0 Å². The molecule has 0 spiro atoms. The van der Waals surface area contributed by atoms with E-state index < -0.39 is 9.84 Å². The zero-order chi connectivity index (χ0) is 14.6. The average molecular weight is 317 g/mol. The average Bonchev–Trinajstić information content (AvgIpc) is 3.04. The number of aromatic nitrogens is 1. The number of hydrogen-bond acceptors (Lipinski definition) is 6. The lowest BCUT2D eigenvalue weighted by molar-refractivity contribution is 0.491. The first-order valence-electron chi connectivity index (χ1n) is 7.26. The normalized spacial score (nSPS) is 16.6. The Morgan fingerprint density at radius 1 is 1.40 bits per heavy atom. The summed E-state index contributed by atoms with van der Waals surface area (Å²) in [6.45, 7) is 2.40. The molecule has 0 bridgehead atoms. The Morgan fingerprint density at radius 2 is 2.10 bits per heavy atom. The van der Waals surface area contributed by atoms with E-state index in [1.807, 2.05) is 0 Å².